The molecule has 22 heavy (non-hydrogen) atoms. The number of nitrogens with zero attached hydrogens (tertiary/aromatic N) is 1. The van der Waals surface area contributed by atoms with Crippen LogP contribution in [0.4, 0.5) is 8.78 Å². The molecule has 0 unspecified atom stereocenters. The first kappa shape index (κ1) is 14.3. The number of carboxylic acid groups (broad SMARTS) is 1. The summed E-state index contributed by atoms with van der Waals surface area (Å²) in [5, 5.41) is 9.69. The fourth-order valence-electron chi connectivity index (χ4n) is 2.04. The van der Waals surface area contributed by atoms with E-state index in [9.17, 15) is 18.7 Å². The highest BCUT2D eigenvalue weighted by Gasteiger charge is 2.20. The van der Waals surface area contributed by atoms with E-state index in [0.717, 1.165) is 11.3 Å². The largest absolute Gasteiger partial charge is 0.477 e. The van der Waals surface area contributed by atoms with E-state index in [4.69, 9.17) is 0 Å². The molecule has 2 aromatic carbocycles. The van der Waals surface area contributed by atoms with E-state index in [0.29, 0.717) is 16.1 Å². The number of carboxylic acids is 1. The van der Waals surface area contributed by atoms with Crippen LogP contribution in [0.5, 0.6) is 0 Å². The summed E-state index contributed by atoms with van der Waals surface area (Å²) in [6, 6.07) is 11.3. The van der Waals surface area contributed by atoms with Crippen molar-refractivity contribution in [2.45, 2.75) is 0 Å². The second kappa shape index (κ2) is 5.65. The minimum Gasteiger partial charge on any atom is -0.477 e. The van der Waals surface area contributed by atoms with Gasteiger partial charge in [-0.05, 0) is 24.3 Å². The van der Waals surface area contributed by atoms with Crippen LogP contribution in [0.25, 0.3) is 21.8 Å². The maximum absolute atomic E-state index is 13.3. The van der Waals surface area contributed by atoms with E-state index in [-0.39, 0.29) is 10.6 Å². The molecule has 0 bridgehead atoms. The SMILES string of the molecule is O=C(O)c1sc(-c2cccc(F)c2)nc1-c1cccc(F)c1. The van der Waals surface area contributed by atoms with E-state index in [1.807, 2.05) is 0 Å². The number of carbonyl (C=O) groups is 1. The third-order valence-corrected chi connectivity index (χ3v) is 4.08. The van der Waals surface area contributed by atoms with Crippen LogP contribution in [-0.4, -0.2) is 16.1 Å². The van der Waals surface area contributed by atoms with Crippen molar-refractivity contribution in [2.75, 3.05) is 0 Å². The van der Waals surface area contributed by atoms with Crippen LogP contribution < -0.4 is 0 Å². The van der Waals surface area contributed by atoms with Gasteiger partial charge in [-0.1, -0.05) is 24.3 Å². The highest BCUT2D eigenvalue weighted by molar-refractivity contribution is 7.17. The van der Waals surface area contributed by atoms with Gasteiger partial charge >= 0.3 is 5.97 Å². The van der Waals surface area contributed by atoms with E-state index in [2.05, 4.69) is 4.98 Å². The maximum atomic E-state index is 13.3. The first-order chi connectivity index (χ1) is 10.5. The molecule has 0 fully saturated rings. The predicted octanol–water partition coefficient (Wildman–Crippen LogP) is 4.45. The molecule has 6 heteroatoms. The average molecular weight is 317 g/mol. The third kappa shape index (κ3) is 2.73. The van der Waals surface area contributed by atoms with Gasteiger partial charge in [0.2, 0.25) is 0 Å². The molecule has 3 rings (SSSR count). The number of hydrogen-bond donors (Lipinski definition) is 1. The van der Waals surface area contributed by atoms with Gasteiger partial charge in [-0.25, -0.2) is 18.6 Å². The second-order valence-electron chi connectivity index (χ2n) is 4.52. The van der Waals surface area contributed by atoms with Gasteiger partial charge in [0.05, 0.1) is 5.69 Å². The molecule has 0 atom stereocenters. The predicted molar refractivity (Wildman–Crippen MR) is 79.9 cm³/mol. The molecular formula is C16H9F2NO2S. The molecule has 0 amide bonds. The topological polar surface area (TPSA) is 50.2 Å². The number of benzene rings is 2. The van der Waals surface area contributed by atoms with E-state index < -0.39 is 17.6 Å². The molecule has 1 N–H and O–H groups in total. The van der Waals surface area contributed by atoms with Crippen molar-refractivity contribution >= 4 is 17.3 Å². The van der Waals surface area contributed by atoms with Crippen LogP contribution in [0.3, 0.4) is 0 Å². The van der Waals surface area contributed by atoms with Crippen molar-refractivity contribution in [1.82, 2.24) is 4.98 Å². The maximum Gasteiger partial charge on any atom is 0.348 e. The molecule has 0 saturated carbocycles. The number of aromatic carboxylic acids is 1. The summed E-state index contributed by atoms with van der Waals surface area (Å²) in [5.74, 6) is -2.06. The minimum atomic E-state index is -1.15. The number of halogens is 2. The highest BCUT2D eigenvalue weighted by Crippen LogP contribution is 2.34. The Kier molecular flexibility index (Phi) is 3.68. The lowest BCUT2D eigenvalue weighted by Gasteiger charge is -1.99. The van der Waals surface area contributed by atoms with Crippen LogP contribution in [0.15, 0.2) is 48.5 Å². The number of aromatic nitrogens is 1. The summed E-state index contributed by atoms with van der Waals surface area (Å²) < 4.78 is 26.7. The Bertz CT molecular complexity index is 861. The van der Waals surface area contributed by atoms with Crippen LogP contribution >= 0.6 is 11.3 Å². The summed E-state index contributed by atoms with van der Waals surface area (Å²) in [6.45, 7) is 0. The van der Waals surface area contributed by atoms with Crippen molar-refractivity contribution in [3.63, 3.8) is 0 Å². The van der Waals surface area contributed by atoms with E-state index >= 15 is 0 Å². The zero-order valence-electron chi connectivity index (χ0n) is 11.1. The van der Waals surface area contributed by atoms with Crippen molar-refractivity contribution in [3.05, 3.63) is 65.0 Å². The molecule has 3 aromatic rings. The number of thiazole rings is 1. The summed E-state index contributed by atoms with van der Waals surface area (Å²) in [4.78, 5) is 15.6. The standard InChI is InChI=1S/C16H9F2NO2S/c17-11-5-1-3-9(7-11)13-14(16(20)21)22-15(19-13)10-4-2-6-12(18)8-10/h1-8H,(H,20,21). The molecule has 0 aliphatic carbocycles. The van der Waals surface area contributed by atoms with Crippen LogP contribution in [0, 0.1) is 11.6 Å². The lowest BCUT2D eigenvalue weighted by atomic mass is 10.1. The molecule has 0 radical (unpaired) electrons. The zero-order valence-corrected chi connectivity index (χ0v) is 11.9. The molecule has 110 valence electrons. The van der Waals surface area contributed by atoms with Crippen molar-refractivity contribution in [1.29, 1.82) is 0 Å². The summed E-state index contributed by atoms with van der Waals surface area (Å²) in [5.41, 5.74) is 1.03. The Hall–Kier alpha value is -2.60. The molecule has 0 aliphatic rings. The average Bonchev–Trinajstić information content (AvgIpc) is 2.92. The van der Waals surface area contributed by atoms with Gasteiger partial charge in [0.15, 0.2) is 0 Å². The first-order valence-corrected chi connectivity index (χ1v) is 7.12. The summed E-state index contributed by atoms with van der Waals surface area (Å²) >= 11 is 0.930. The molecule has 3 nitrogen and oxygen atoms in total. The summed E-state index contributed by atoms with van der Waals surface area (Å²) in [6.07, 6.45) is 0. The quantitative estimate of drug-likeness (QED) is 0.776. The van der Waals surface area contributed by atoms with Gasteiger partial charge in [-0.15, -0.1) is 11.3 Å². The van der Waals surface area contributed by atoms with E-state index in [1.165, 1.54) is 36.4 Å². The van der Waals surface area contributed by atoms with Gasteiger partial charge in [0.1, 0.15) is 21.5 Å². The lowest BCUT2D eigenvalue weighted by Crippen LogP contribution is -1.95. The number of hydrogen-bond acceptors (Lipinski definition) is 3. The fourth-order valence-corrected chi connectivity index (χ4v) is 2.96. The zero-order chi connectivity index (χ0) is 15.7. The van der Waals surface area contributed by atoms with Crippen molar-refractivity contribution in [3.8, 4) is 21.8 Å². The Balaban J connectivity index is 2.16. The molecule has 1 heterocycles. The Morgan fingerprint density at radius 3 is 2.18 bits per heavy atom. The first-order valence-electron chi connectivity index (χ1n) is 6.30. The van der Waals surface area contributed by atoms with Crippen LogP contribution in [0.2, 0.25) is 0 Å². The number of rotatable bonds is 3. The lowest BCUT2D eigenvalue weighted by molar-refractivity contribution is 0.0702. The third-order valence-electron chi connectivity index (χ3n) is 2.99. The highest BCUT2D eigenvalue weighted by atomic mass is 32.1. The van der Waals surface area contributed by atoms with Gasteiger partial charge in [0, 0.05) is 11.1 Å². The minimum absolute atomic E-state index is 0.00939. The Labute approximate surface area is 128 Å². The molecule has 1 aromatic heterocycles. The molecular weight excluding hydrogens is 308 g/mol. The van der Waals surface area contributed by atoms with E-state index in [1.54, 1.807) is 12.1 Å². The van der Waals surface area contributed by atoms with Gasteiger partial charge in [0.25, 0.3) is 0 Å². The Morgan fingerprint density at radius 1 is 1.00 bits per heavy atom. The van der Waals surface area contributed by atoms with Gasteiger partial charge < -0.3 is 5.11 Å². The smallest absolute Gasteiger partial charge is 0.348 e. The summed E-state index contributed by atoms with van der Waals surface area (Å²) in [7, 11) is 0. The monoisotopic (exact) mass is 317 g/mol. The van der Waals surface area contributed by atoms with Crippen LogP contribution in [-0.2, 0) is 0 Å². The molecule has 0 aliphatic heterocycles. The fraction of sp³-hybridized carbons (Fsp3) is 0. The van der Waals surface area contributed by atoms with Crippen molar-refractivity contribution < 1.29 is 18.7 Å². The Morgan fingerprint density at radius 2 is 1.59 bits per heavy atom. The second-order valence-corrected chi connectivity index (χ2v) is 5.52. The molecule has 0 saturated heterocycles. The van der Waals surface area contributed by atoms with Gasteiger partial charge in [-0.3, -0.25) is 0 Å². The van der Waals surface area contributed by atoms with Crippen molar-refractivity contribution in [2.24, 2.45) is 0 Å². The van der Waals surface area contributed by atoms with Crippen LogP contribution in [0.1, 0.15) is 9.67 Å². The molecule has 0 spiro atoms. The normalized spacial score (nSPS) is 10.6. The van der Waals surface area contributed by atoms with Gasteiger partial charge in [-0.2, -0.15) is 0 Å².